The van der Waals surface area contributed by atoms with Gasteiger partial charge in [0.2, 0.25) is 0 Å². The van der Waals surface area contributed by atoms with Gasteiger partial charge in [-0.1, -0.05) is 245 Å². The van der Waals surface area contributed by atoms with Crippen LogP contribution in [0.4, 0.5) is 0 Å². The van der Waals surface area contributed by atoms with E-state index in [0.29, 0.717) is 36.6 Å². The Labute approximate surface area is 355 Å². The highest BCUT2D eigenvalue weighted by molar-refractivity contribution is 6.00. The third-order valence-electron chi connectivity index (χ3n) is 11.9. The third kappa shape index (κ3) is 33.5. The molecule has 0 heterocycles. The van der Waals surface area contributed by atoms with Crippen LogP contribution in [-0.2, 0) is 0 Å². The van der Waals surface area contributed by atoms with Crippen LogP contribution in [-0.4, -0.2) is 31.5 Å². The Balaban J connectivity index is 2.42. The summed E-state index contributed by atoms with van der Waals surface area (Å²) in [5.74, 6) is 0.357. The highest BCUT2D eigenvalue weighted by Gasteiger charge is 2.16. The van der Waals surface area contributed by atoms with E-state index in [9.17, 15) is 9.59 Å². The summed E-state index contributed by atoms with van der Waals surface area (Å²) < 4.78 is 6.25. The largest absolute Gasteiger partial charge is 0.493 e. The van der Waals surface area contributed by atoms with Gasteiger partial charge in [0.05, 0.1) is 12.2 Å². The summed E-state index contributed by atoms with van der Waals surface area (Å²) in [5, 5.41) is 6.26. The summed E-state index contributed by atoms with van der Waals surface area (Å²) in [6.07, 6.45) is 49.8. The Hall–Kier alpha value is -2.04. The van der Waals surface area contributed by atoms with Gasteiger partial charge >= 0.3 is 0 Å². The second kappa shape index (κ2) is 42.1. The number of ether oxygens (including phenoxy) is 1. The summed E-state index contributed by atoms with van der Waals surface area (Å²) in [7, 11) is 0. The van der Waals surface area contributed by atoms with Crippen LogP contribution < -0.4 is 15.4 Å². The van der Waals surface area contributed by atoms with Crippen LogP contribution >= 0.6 is 0 Å². The molecule has 2 N–H and O–H groups in total. The fourth-order valence-corrected chi connectivity index (χ4v) is 7.98. The van der Waals surface area contributed by atoms with E-state index in [1.807, 2.05) is 0 Å². The number of nitrogens with one attached hydrogen (secondary N) is 2. The number of hydrogen-bond acceptors (Lipinski definition) is 3. The molecule has 332 valence electrons. The maximum absolute atomic E-state index is 13.3. The van der Waals surface area contributed by atoms with Gasteiger partial charge in [0.1, 0.15) is 5.75 Å². The van der Waals surface area contributed by atoms with Gasteiger partial charge in [-0.2, -0.15) is 0 Å². The molecule has 5 nitrogen and oxygen atoms in total. The molecule has 1 rings (SSSR count). The minimum atomic E-state index is -0.0995. The zero-order valence-corrected chi connectivity index (χ0v) is 38.4. The molecule has 1 aromatic carbocycles. The molecule has 0 spiro atoms. The van der Waals surface area contributed by atoms with E-state index in [1.165, 1.54) is 205 Å². The van der Waals surface area contributed by atoms with Crippen molar-refractivity contribution in [2.24, 2.45) is 0 Å². The average Bonchev–Trinajstić information content (AvgIpc) is 3.22. The number of rotatable bonds is 44. The van der Waals surface area contributed by atoms with E-state index in [4.69, 9.17) is 4.74 Å². The molecule has 1 aromatic rings. The van der Waals surface area contributed by atoms with E-state index in [1.54, 1.807) is 18.2 Å². The average molecular weight is 797 g/mol. The third-order valence-corrected chi connectivity index (χ3v) is 11.9. The molecule has 0 saturated carbocycles. The maximum atomic E-state index is 13.3. The first kappa shape index (κ1) is 53.0. The number of benzene rings is 1. The van der Waals surface area contributed by atoms with Gasteiger partial charge < -0.3 is 15.4 Å². The fourth-order valence-electron chi connectivity index (χ4n) is 7.98. The first-order chi connectivity index (χ1) is 28.1. The van der Waals surface area contributed by atoms with E-state index in [2.05, 4.69) is 31.4 Å². The molecule has 0 aromatic heterocycles. The van der Waals surface area contributed by atoms with Gasteiger partial charge in [0.15, 0.2) is 0 Å². The van der Waals surface area contributed by atoms with Crippen molar-refractivity contribution in [2.75, 3.05) is 19.7 Å². The van der Waals surface area contributed by atoms with Crippen molar-refractivity contribution in [3.63, 3.8) is 0 Å². The van der Waals surface area contributed by atoms with Crippen LogP contribution in [0.25, 0.3) is 0 Å². The van der Waals surface area contributed by atoms with E-state index >= 15 is 0 Å². The predicted octanol–water partition coefficient (Wildman–Crippen LogP) is 16.4. The number of amides is 2. The number of carbonyl (C=O) groups excluding carboxylic acids is 2. The zero-order chi connectivity index (χ0) is 41.1. The monoisotopic (exact) mass is 797 g/mol. The van der Waals surface area contributed by atoms with Crippen LogP contribution in [0.1, 0.15) is 285 Å². The first-order valence-electron chi connectivity index (χ1n) is 25.5. The van der Waals surface area contributed by atoms with Crippen LogP contribution in [0.2, 0.25) is 0 Å². The number of carbonyl (C=O) groups is 2. The molecule has 0 bridgehead atoms. The quantitative estimate of drug-likeness (QED) is 0.0646. The molecule has 2 amide bonds. The molecule has 57 heavy (non-hydrogen) atoms. The lowest BCUT2D eigenvalue weighted by molar-refractivity contribution is 0.0937. The molecule has 0 unspecified atom stereocenters. The van der Waals surface area contributed by atoms with Crippen molar-refractivity contribution in [3.05, 3.63) is 29.3 Å². The Morgan fingerprint density at radius 3 is 1.04 bits per heavy atom. The Kier molecular flexibility index (Phi) is 39.1. The number of hydrogen-bond donors (Lipinski definition) is 2. The fraction of sp³-hybridized carbons (Fsp3) is 0.846. The highest BCUT2D eigenvalue weighted by Crippen LogP contribution is 2.22. The van der Waals surface area contributed by atoms with Gasteiger partial charge in [-0.15, -0.1) is 0 Å². The van der Waals surface area contributed by atoms with E-state index in [0.717, 1.165) is 38.5 Å². The molecule has 0 atom stereocenters. The number of unbranched alkanes of at least 4 members (excludes halogenated alkanes) is 35. The molecule has 0 aliphatic rings. The van der Waals surface area contributed by atoms with E-state index < -0.39 is 0 Å². The molecular formula is C52H96N2O3. The minimum absolute atomic E-state index is 0.0805. The molecule has 5 heteroatoms. The second-order valence-electron chi connectivity index (χ2n) is 17.4. The predicted molar refractivity (Wildman–Crippen MR) is 249 cm³/mol. The molecule has 0 aliphatic carbocycles. The standard InChI is InChI=1S/C52H96N2O3/c1-4-7-10-13-16-19-22-25-27-30-33-36-39-44-53-51(55)48-42-43-49(50(47-48)57-46-41-38-35-32-29-24-21-18-15-12-9-6-3)52(56)54-45-40-37-34-31-28-26-23-20-17-14-11-8-5-2/h42-43,47H,4-41,44-46H2,1-3H3,(H,53,55)(H,54,56). The summed E-state index contributed by atoms with van der Waals surface area (Å²) in [4.78, 5) is 26.5. The van der Waals surface area contributed by atoms with Crippen molar-refractivity contribution in [2.45, 2.75) is 265 Å². The maximum Gasteiger partial charge on any atom is 0.255 e. The molecular weight excluding hydrogens is 701 g/mol. The van der Waals surface area contributed by atoms with Crippen molar-refractivity contribution in [3.8, 4) is 5.75 Å². The van der Waals surface area contributed by atoms with Crippen molar-refractivity contribution in [1.82, 2.24) is 10.6 Å². The van der Waals surface area contributed by atoms with Crippen molar-refractivity contribution < 1.29 is 14.3 Å². The SMILES string of the molecule is CCCCCCCCCCCCCCCNC(=O)c1ccc(C(=O)NCCCCCCCCCCCCCCC)c(OCCCCCCCCCCCCCC)c1. The highest BCUT2D eigenvalue weighted by atomic mass is 16.5. The van der Waals surface area contributed by atoms with Crippen molar-refractivity contribution in [1.29, 1.82) is 0 Å². The normalized spacial score (nSPS) is 11.3. The molecule has 0 fully saturated rings. The van der Waals surface area contributed by atoms with Gasteiger partial charge in [-0.3, -0.25) is 9.59 Å². The van der Waals surface area contributed by atoms with Gasteiger partial charge in [-0.25, -0.2) is 0 Å². The Morgan fingerprint density at radius 2 is 0.684 bits per heavy atom. The Bertz CT molecular complexity index is 1030. The van der Waals surface area contributed by atoms with Gasteiger partial charge in [0, 0.05) is 18.7 Å². The Morgan fingerprint density at radius 1 is 0.386 bits per heavy atom. The van der Waals surface area contributed by atoms with Crippen LogP contribution in [0, 0.1) is 0 Å². The summed E-state index contributed by atoms with van der Waals surface area (Å²) in [6.45, 7) is 8.77. The zero-order valence-electron chi connectivity index (χ0n) is 38.4. The lowest BCUT2D eigenvalue weighted by Crippen LogP contribution is -2.26. The molecule has 0 saturated heterocycles. The van der Waals surface area contributed by atoms with Crippen LogP contribution in [0.15, 0.2) is 18.2 Å². The lowest BCUT2D eigenvalue weighted by atomic mass is 10.0. The summed E-state index contributed by atoms with van der Waals surface area (Å²) in [5.41, 5.74) is 1.11. The van der Waals surface area contributed by atoms with Crippen LogP contribution in [0.3, 0.4) is 0 Å². The van der Waals surface area contributed by atoms with Crippen molar-refractivity contribution >= 4 is 11.8 Å². The minimum Gasteiger partial charge on any atom is -0.493 e. The van der Waals surface area contributed by atoms with Gasteiger partial charge in [-0.05, 0) is 37.5 Å². The lowest BCUT2D eigenvalue weighted by Gasteiger charge is -2.14. The summed E-state index contributed by atoms with van der Waals surface area (Å²) in [6, 6.07) is 5.37. The second-order valence-corrected chi connectivity index (χ2v) is 17.4. The summed E-state index contributed by atoms with van der Waals surface area (Å²) >= 11 is 0. The first-order valence-corrected chi connectivity index (χ1v) is 25.5. The van der Waals surface area contributed by atoms with Gasteiger partial charge in [0.25, 0.3) is 11.8 Å². The molecule has 0 aliphatic heterocycles. The van der Waals surface area contributed by atoms with E-state index in [-0.39, 0.29) is 11.8 Å². The smallest absolute Gasteiger partial charge is 0.255 e. The topological polar surface area (TPSA) is 67.4 Å². The molecule has 0 radical (unpaired) electrons. The van der Waals surface area contributed by atoms with Crippen LogP contribution in [0.5, 0.6) is 5.75 Å².